The molecule has 0 unspecified atom stereocenters. The maximum atomic E-state index is 8.82. The number of ether oxygens (including phenoxy) is 1. The molecule has 1 aromatic carbocycles. The van der Waals surface area contributed by atoms with E-state index in [9.17, 15) is 0 Å². The van der Waals surface area contributed by atoms with Gasteiger partial charge in [0.15, 0.2) is 0 Å². The van der Waals surface area contributed by atoms with Crippen LogP contribution < -0.4 is 0 Å². The number of aliphatic hydroxyl groups excluding tert-OH is 1. The standard InChI is InChI=1S/C22H34N2O2/c25-13-15-26-14-12-23-10-8-22(9-11-23)16-20(19-4-2-1-3-5-19)17-24(18-22)21-6-7-21/h1-5,20-21,25H,6-18H2/t20-/m0/s1. The van der Waals surface area contributed by atoms with E-state index >= 15 is 0 Å². The van der Waals surface area contributed by atoms with E-state index in [1.165, 1.54) is 63.8 Å². The van der Waals surface area contributed by atoms with Crippen LogP contribution in [0.3, 0.4) is 0 Å². The molecule has 3 aliphatic rings. The van der Waals surface area contributed by atoms with Crippen molar-refractivity contribution in [2.75, 3.05) is 52.5 Å². The molecule has 144 valence electrons. The quantitative estimate of drug-likeness (QED) is 0.761. The van der Waals surface area contributed by atoms with E-state index in [0.29, 0.717) is 17.9 Å². The molecule has 1 spiro atoms. The highest BCUT2D eigenvalue weighted by molar-refractivity contribution is 5.22. The van der Waals surface area contributed by atoms with Crippen molar-refractivity contribution in [3.63, 3.8) is 0 Å². The zero-order chi connectivity index (χ0) is 17.8. The molecule has 26 heavy (non-hydrogen) atoms. The van der Waals surface area contributed by atoms with Crippen LogP contribution >= 0.6 is 0 Å². The molecule has 0 radical (unpaired) electrons. The average Bonchev–Trinajstić information content (AvgIpc) is 3.53. The van der Waals surface area contributed by atoms with Crippen LogP contribution in [0.4, 0.5) is 0 Å². The summed E-state index contributed by atoms with van der Waals surface area (Å²) in [4.78, 5) is 5.37. The third-order valence-electron chi connectivity index (χ3n) is 6.71. The number of hydrogen-bond acceptors (Lipinski definition) is 4. The molecule has 1 atom stereocenters. The Kier molecular flexibility index (Phi) is 5.94. The highest BCUT2D eigenvalue weighted by Gasteiger charge is 2.45. The SMILES string of the molecule is OCCOCCN1CCC2(CC1)C[C@H](c1ccccc1)CN(C1CC1)C2. The van der Waals surface area contributed by atoms with E-state index in [1.807, 2.05) is 0 Å². The lowest BCUT2D eigenvalue weighted by Gasteiger charge is -2.50. The summed E-state index contributed by atoms with van der Waals surface area (Å²) in [6, 6.07) is 12.1. The van der Waals surface area contributed by atoms with Gasteiger partial charge in [0.25, 0.3) is 0 Å². The summed E-state index contributed by atoms with van der Waals surface area (Å²) in [5.74, 6) is 0.699. The number of piperidine rings is 2. The van der Waals surface area contributed by atoms with E-state index in [-0.39, 0.29) is 6.61 Å². The van der Waals surface area contributed by atoms with Crippen molar-refractivity contribution in [2.24, 2.45) is 5.41 Å². The highest BCUT2D eigenvalue weighted by Crippen LogP contribution is 2.47. The van der Waals surface area contributed by atoms with Crippen molar-refractivity contribution in [1.29, 1.82) is 0 Å². The predicted octanol–water partition coefficient (Wildman–Crippen LogP) is 2.73. The van der Waals surface area contributed by atoms with Crippen LogP contribution in [0, 0.1) is 5.41 Å². The molecule has 0 amide bonds. The van der Waals surface area contributed by atoms with Crippen molar-refractivity contribution in [2.45, 2.75) is 44.1 Å². The second-order valence-corrected chi connectivity index (χ2v) is 8.65. The third kappa shape index (κ3) is 4.48. The van der Waals surface area contributed by atoms with Gasteiger partial charge >= 0.3 is 0 Å². The van der Waals surface area contributed by atoms with Gasteiger partial charge < -0.3 is 14.7 Å². The minimum absolute atomic E-state index is 0.126. The summed E-state index contributed by atoms with van der Waals surface area (Å²) in [5.41, 5.74) is 2.04. The molecule has 2 heterocycles. The number of aliphatic hydroxyl groups is 1. The molecule has 0 aromatic heterocycles. The van der Waals surface area contributed by atoms with E-state index < -0.39 is 0 Å². The van der Waals surface area contributed by atoms with Gasteiger partial charge in [-0.2, -0.15) is 0 Å². The summed E-state index contributed by atoms with van der Waals surface area (Å²) in [6.45, 7) is 7.31. The minimum Gasteiger partial charge on any atom is -0.394 e. The van der Waals surface area contributed by atoms with Crippen LogP contribution in [-0.4, -0.2) is 73.5 Å². The smallest absolute Gasteiger partial charge is 0.0698 e. The molecular formula is C22H34N2O2. The maximum absolute atomic E-state index is 8.82. The Bertz CT molecular complexity index is 553. The van der Waals surface area contributed by atoms with Crippen LogP contribution in [0.1, 0.15) is 43.6 Å². The van der Waals surface area contributed by atoms with Crippen molar-refractivity contribution in [3.05, 3.63) is 35.9 Å². The zero-order valence-corrected chi connectivity index (χ0v) is 16.0. The minimum atomic E-state index is 0.126. The average molecular weight is 359 g/mol. The second kappa shape index (κ2) is 8.39. The number of hydrogen-bond donors (Lipinski definition) is 1. The summed E-state index contributed by atoms with van der Waals surface area (Å²) in [6.07, 6.45) is 6.81. The molecule has 4 heteroatoms. The molecule has 1 aromatic rings. The summed E-state index contributed by atoms with van der Waals surface area (Å²) < 4.78 is 5.45. The van der Waals surface area contributed by atoms with Crippen molar-refractivity contribution >= 4 is 0 Å². The zero-order valence-electron chi connectivity index (χ0n) is 16.0. The normalized spacial score (nSPS) is 27.0. The molecule has 4 nitrogen and oxygen atoms in total. The summed E-state index contributed by atoms with van der Waals surface area (Å²) in [5, 5.41) is 8.82. The van der Waals surface area contributed by atoms with E-state index in [2.05, 4.69) is 40.1 Å². The first-order chi connectivity index (χ1) is 12.8. The van der Waals surface area contributed by atoms with Crippen LogP contribution in [0.5, 0.6) is 0 Å². The van der Waals surface area contributed by atoms with Gasteiger partial charge in [0.1, 0.15) is 0 Å². The predicted molar refractivity (Wildman–Crippen MR) is 104 cm³/mol. The fraction of sp³-hybridized carbons (Fsp3) is 0.727. The Morgan fingerprint density at radius 2 is 1.85 bits per heavy atom. The Hall–Kier alpha value is -0.940. The second-order valence-electron chi connectivity index (χ2n) is 8.65. The molecule has 1 aliphatic carbocycles. The van der Waals surface area contributed by atoms with Gasteiger partial charge in [-0.1, -0.05) is 30.3 Å². The van der Waals surface area contributed by atoms with Crippen LogP contribution in [-0.2, 0) is 4.74 Å². The lowest BCUT2D eigenvalue weighted by atomic mass is 9.68. The van der Waals surface area contributed by atoms with E-state index in [0.717, 1.165) is 19.2 Å². The molecule has 1 saturated carbocycles. The largest absolute Gasteiger partial charge is 0.394 e. The maximum Gasteiger partial charge on any atom is 0.0698 e. The number of rotatable bonds is 7. The first-order valence-corrected chi connectivity index (χ1v) is 10.5. The van der Waals surface area contributed by atoms with Crippen LogP contribution in [0.2, 0.25) is 0 Å². The first kappa shape index (κ1) is 18.4. The molecular weight excluding hydrogens is 324 g/mol. The monoisotopic (exact) mass is 358 g/mol. The Labute approximate surface area is 158 Å². The first-order valence-electron chi connectivity index (χ1n) is 10.5. The van der Waals surface area contributed by atoms with Gasteiger partial charge in [-0.15, -0.1) is 0 Å². The van der Waals surface area contributed by atoms with Gasteiger partial charge in [0, 0.05) is 25.7 Å². The van der Waals surface area contributed by atoms with Crippen molar-refractivity contribution < 1.29 is 9.84 Å². The summed E-state index contributed by atoms with van der Waals surface area (Å²) in [7, 11) is 0. The van der Waals surface area contributed by atoms with Gasteiger partial charge in [-0.05, 0) is 62.1 Å². The van der Waals surface area contributed by atoms with Crippen LogP contribution in [0.15, 0.2) is 30.3 Å². The fourth-order valence-electron chi connectivity index (χ4n) is 5.07. The molecule has 4 rings (SSSR count). The summed E-state index contributed by atoms with van der Waals surface area (Å²) >= 11 is 0. The fourth-order valence-corrected chi connectivity index (χ4v) is 5.07. The lowest BCUT2D eigenvalue weighted by molar-refractivity contribution is 0.000461. The highest BCUT2D eigenvalue weighted by atomic mass is 16.5. The third-order valence-corrected chi connectivity index (χ3v) is 6.71. The molecule has 3 fully saturated rings. The molecule has 2 aliphatic heterocycles. The van der Waals surface area contributed by atoms with Crippen molar-refractivity contribution in [3.8, 4) is 0 Å². The van der Waals surface area contributed by atoms with Gasteiger partial charge in [-0.25, -0.2) is 0 Å². The van der Waals surface area contributed by atoms with Gasteiger partial charge in [-0.3, -0.25) is 4.90 Å². The van der Waals surface area contributed by atoms with E-state index in [1.54, 1.807) is 0 Å². The number of likely N-dealkylation sites (tertiary alicyclic amines) is 2. The molecule has 2 saturated heterocycles. The Morgan fingerprint density at radius 3 is 2.54 bits per heavy atom. The topological polar surface area (TPSA) is 35.9 Å². The van der Waals surface area contributed by atoms with Gasteiger partial charge in [0.2, 0.25) is 0 Å². The Balaban J connectivity index is 1.37. The number of benzene rings is 1. The lowest BCUT2D eigenvalue weighted by Crippen LogP contribution is -2.52. The molecule has 0 bridgehead atoms. The van der Waals surface area contributed by atoms with Crippen LogP contribution in [0.25, 0.3) is 0 Å². The number of nitrogens with zero attached hydrogens (tertiary/aromatic N) is 2. The van der Waals surface area contributed by atoms with Crippen molar-refractivity contribution in [1.82, 2.24) is 9.80 Å². The molecule has 1 N–H and O–H groups in total. The van der Waals surface area contributed by atoms with E-state index in [4.69, 9.17) is 9.84 Å². The van der Waals surface area contributed by atoms with Gasteiger partial charge in [0.05, 0.1) is 19.8 Å². The Morgan fingerprint density at radius 1 is 1.08 bits per heavy atom.